The Labute approximate surface area is 117 Å². The SMILES string of the molecule is CC(Nc1c(F)cc(F)cc1Cl)c1csc(Cl)c1. The second kappa shape index (κ2) is 5.43. The van der Waals surface area contributed by atoms with E-state index in [0.29, 0.717) is 4.34 Å². The first kappa shape index (κ1) is 13.6. The third-order valence-corrected chi connectivity index (χ3v) is 3.86. The van der Waals surface area contributed by atoms with Crippen LogP contribution in [-0.4, -0.2) is 0 Å². The van der Waals surface area contributed by atoms with Gasteiger partial charge in [-0.15, -0.1) is 11.3 Å². The van der Waals surface area contributed by atoms with Crippen molar-refractivity contribution in [3.05, 3.63) is 50.1 Å². The van der Waals surface area contributed by atoms with Crippen molar-refractivity contribution in [3.8, 4) is 0 Å². The molecule has 0 aliphatic carbocycles. The Kier molecular flexibility index (Phi) is 4.10. The average Bonchev–Trinajstić information content (AvgIpc) is 2.70. The van der Waals surface area contributed by atoms with Crippen molar-refractivity contribution in [1.82, 2.24) is 0 Å². The summed E-state index contributed by atoms with van der Waals surface area (Å²) in [5.41, 5.74) is 1.01. The highest BCUT2D eigenvalue weighted by Gasteiger charge is 2.14. The van der Waals surface area contributed by atoms with Crippen molar-refractivity contribution < 1.29 is 8.78 Å². The van der Waals surface area contributed by atoms with Crippen molar-refractivity contribution >= 4 is 40.2 Å². The zero-order valence-corrected chi connectivity index (χ0v) is 11.6. The van der Waals surface area contributed by atoms with Gasteiger partial charge in [-0.1, -0.05) is 23.2 Å². The molecule has 0 saturated heterocycles. The molecule has 0 saturated carbocycles. The quantitative estimate of drug-likeness (QED) is 0.788. The Balaban J connectivity index is 2.24. The van der Waals surface area contributed by atoms with Gasteiger partial charge in [0.1, 0.15) is 5.82 Å². The van der Waals surface area contributed by atoms with E-state index in [1.807, 2.05) is 12.3 Å². The highest BCUT2D eigenvalue weighted by atomic mass is 35.5. The van der Waals surface area contributed by atoms with Crippen LogP contribution in [0.2, 0.25) is 9.36 Å². The van der Waals surface area contributed by atoms with Gasteiger partial charge in [-0.3, -0.25) is 0 Å². The third-order valence-electron chi connectivity index (χ3n) is 2.46. The van der Waals surface area contributed by atoms with Crippen molar-refractivity contribution in [3.63, 3.8) is 0 Å². The Hall–Kier alpha value is -0.840. The molecule has 0 radical (unpaired) electrons. The van der Waals surface area contributed by atoms with Gasteiger partial charge in [0.25, 0.3) is 0 Å². The van der Waals surface area contributed by atoms with Gasteiger partial charge in [-0.25, -0.2) is 8.78 Å². The van der Waals surface area contributed by atoms with Crippen molar-refractivity contribution in [1.29, 1.82) is 0 Å². The fourth-order valence-corrected chi connectivity index (χ4v) is 2.76. The van der Waals surface area contributed by atoms with E-state index in [2.05, 4.69) is 5.32 Å². The van der Waals surface area contributed by atoms with Crippen molar-refractivity contribution in [2.75, 3.05) is 5.32 Å². The van der Waals surface area contributed by atoms with Crippen LogP contribution >= 0.6 is 34.5 Å². The largest absolute Gasteiger partial charge is 0.375 e. The molecule has 6 heteroatoms. The lowest BCUT2D eigenvalue weighted by molar-refractivity contribution is 0.584. The number of halogens is 4. The van der Waals surface area contributed by atoms with Gasteiger partial charge in [0.15, 0.2) is 5.82 Å². The monoisotopic (exact) mass is 307 g/mol. The summed E-state index contributed by atoms with van der Waals surface area (Å²) in [5.74, 6) is -1.41. The highest BCUT2D eigenvalue weighted by Crippen LogP contribution is 2.32. The summed E-state index contributed by atoms with van der Waals surface area (Å²) >= 11 is 13.0. The van der Waals surface area contributed by atoms with Gasteiger partial charge in [-0.05, 0) is 30.0 Å². The first-order chi connectivity index (χ1) is 8.47. The van der Waals surface area contributed by atoms with Gasteiger partial charge >= 0.3 is 0 Å². The standard InChI is InChI=1S/C12H9Cl2F2NS/c1-6(7-2-11(14)18-5-7)17-12-9(13)3-8(15)4-10(12)16/h2-6,17H,1H3. The van der Waals surface area contributed by atoms with E-state index in [1.54, 1.807) is 6.07 Å². The number of anilines is 1. The first-order valence-electron chi connectivity index (χ1n) is 5.12. The minimum atomic E-state index is -0.715. The molecule has 0 spiro atoms. The van der Waals surface area contributed by atoms with E-state index in [0.717, 1.165) is 17.7 Å². The molecule has 2 rings (SSSR count). The second-order valence-corrected chi connectivity index (χ2v) is 5.74. The molecule has 1 N–H and O–H groups in total. The average molecular weight is 308 g/mol. The fourth-order valence-electron chi connectivity index (χ4n) is 1.53. The number of hydrogen-bond acceptors (Lipinski definition) is 2. The second-order valence-electron chi connectivity index (χ2n) is 3.79. The first-order valence-corrected chi connectivity index (χ1v) is 6.76. The molecule has 0 amide bonds. The Morgan fingerprint density at radius 1 is 1.22 bits per heavy atom. The van der Waals surface area contributed by atoms with Crippen LogP contribution in [-0.2, 0) is 0 Å². The van der Waals surface area contributed by atoms with E-state index >= 15 is 0 Å². The number of nitrogens with one attached hydrogen (secondary N) is 1. The summed E-state index contributed by atoms with van der Waals surface area (Å²) in [6.45, 7) is 1.84. The molecular weight excluding hydrogens is 299 g/mol. The molecule has 1 heterocycles. The highest BCUT2D eigenvalue weighted by molar-refractivity contribution is 7.14. The number of hydrogen-bond donors (Lipinski definition) is 1. The van der Waals surface area contributed by atoms with E-state index in [1.165, 1.54) is 11.3 Å². The van der Waals surface area contributed by atoms with Crippen LogP contribution in [0.15, 0.2) is 23.6 Å². The summed E-state index contributed by atoms with van der Waals surface area (Å²) in [5, 5.41) is 4.79. The van der Waals surface area contributed by atoms with Crippen molar-refractivity contribution in [2.24, 2.45) is 0 Å². The van der Waals surface area contributed by atoms with Crippen LogP contribution in [0.3, 0.4) is 0 Å². The number of rotatable bonds is 3. The van der Waals surface area contributed by atoms with Crippen molar-refractivity contribution in [2.45, 2.75) is 13.0 Å². The van der Waals surface area contributed by atoms with E-state index in [-0.39, 0.29) is 16.8 Å². The molecule has 1 aromatic carbocycles. The molecule has 1 atom stereocenters. The summed E-state index contributed by atoms with van der Waals surface area (Å²) in [7, 11) is 0. The Morgan fingerprint density at radius 3 is 2.50 bits per heavy atom. The van der Waals surface area contributed by atoms with Gasteiger partial charge < -0.3 is 5.32 Å². The summed E-state index contributed by atoms with van der Waals surface area (Å²) in [6, 6.07) is 3.48. The normalized spacial score (nSPS) is 12.5. The predicted molar refractivity (Wildman–Crippen MR) is 72.7 cm³/mol. The minimum Gasteiger partial charge on any atom is -0.375 e. The van der Waals surface area contributed by atoms with E-state index < -0.39 is 11.6 Å². The van der Waals surface area contributed by atoms with Gasteiger partial charge in [0, 0.05) is 12.1 Å². The molecular formula is C12H9Cl2F2NS. The van der Waals surface area contributed by atoms with Crippen LogP contribution in [0.25, 0.3) is 0 Å². The maximum absolute atomic E-state index is 13.6. The van der Waals surface area contributed by atoms with Crippen LogP contribution < -0.4 is 5.32 Å². The molecule has 0 aliphatic heterocycles. The molecule has 1 nitrogen and oxygen atoms in total. The van der Waals surface area contributed by atoms with Crippen LogP contribution in [0.1, 0.15) is 18.5 Å². The maximum Gasteiger partial charge on any atom is 0.150 e. The molecule has 0 aliphatic rings. The molecule has 18 heavy (non-hydrogen) atoms. The number of thiophene rings is 1. The van der Waals surface area contributed by atoms with E-state index in [9.17, 15) is 8.78 Å². The van der Waals surface area contributed by atoms with Gasteiger partial charge in [-0.2, -0.15) is 0 Å². The van der Waals surface area contributed by atoms with Gasteiger partial charge in [0.05, 0.1) is 15.0 Å². The lowest BCUT2D eigenvalue weighted by Crippen LogP contribution is -2.07. The maximum atomic E-state index is 13.6. The molecule has 96 valence electrons. The molecule has 2 aromatic rings. The van der Waals surface area contributed by atoms with Gasteiger partial charge in [0.2, 0.25) is 0 Å². The number of benzene rings is 1. The summed E-state index contributed by atoms with van der Waals surface area (Å²) < 4.78 is 27.1. The topological polar surface area (TPSA) is 12.0 Å². The lowest BCUT2D eigenvalue weighted by atomic mass is 10.1. The summed E-state index contributed by atoms with van der Waals surface area (Å²) in [6.07, 6.45) is 0. The lowest BCUT2D eigenvalue weighted by Gasteiger charge is -2.16. The smallest absolute Gasteiger partial charge is 0.150 e. The van der Waals surface area contributed by atoms with Crippen LogP contribution in [0, 0.1) is 11.6 Å². The predicted octanol–water partition coefficient (Wildman–Crippen LogP) is 5.51. The molecule has 1 unspecified atom stereocenters. The van der Waals surface area contributed by atoms with Crippen LogP contribution in [0.4, 0.5) is 14.5 Å². The zero-order valence-electron chi connectivity index (χ0n) is 9.31. The molecule has 1 aromatic heterocycles. The molecule has 0 fully saturated rings. The van der Waals surface area contributed by atoms with Crippen LogP contribution in [0.5, 0.6) is 0 Å². The molecule has 0 bridgehead atoms. The Morgan fingerprint density at radius 2 is 1.94 bits per heavy atom. The Bertz CT molecular complexity index is 548. The fraction of sp³-hybridized carbons (Fsp3) is 0.167. The van der Waals surface area contributed by atoms with E-state index in [4.69, 9.17) is 23.2 Å². The zero-order chi connectivity index (χ0) is 13.3. The summed E-state index contributed by atoms with van der Waals surface area (Å²) in [4.78, 5) is 0. The minimum absolute atomic E-state index is 0.0145. The third kappa shape index (κ3) is 2.94.